The molecule has 7 nitrogen and oxygen atoms in total. The van der Waals surface area contributed by atoms with Crippen LogP contribution in [0.3, 0.4) is 0 Å². The van der Waals surface area contributed by atoms with Crippen LogP contribution >= 0.6 is 0 Å². The predicted octanol–water partition coefficient (Wildman–Crippen LogP) is 3.64. The molecule has 2 aromatic rings. The van der Waals surface area contributed by atoms with Gasteiger partial charge in [0, 0.05) is 12.1 Å². The van der Waals surface area contributed by atoms with E-state index in [1.807, 2.05) is 0 Å². The molecule has 7 heteroatoms. The topological polar surface area (TPSA) is 80.3 Å². The van der Waals surface area contributed by atoms with E-state index in [1.165, 1.54) is 21.3 Å². The first kappa shape index (κ1) is 20.1. The molecule has 0 spiro atoms. The van der Waals surface area contributed by atoms with E-state index < -0.39 is 11.8 Å². The second-order valence-corrected chi connectivity index (χ2v) is 5.39. The van der Waals surface area contributed by atoms with Gasteiger partial charge in [0.25, 0.3) is 0 Å². The van der Waals surface area contributed by atoms with Gasteiger partial charge in [0.1, 0.15) is 23.7 Å². The molecule has 2 rings (SSSR count). The number of carbonyl (C=O) groups excluding carboxylic acids is 2. The highest BCUT2D eigenvalue weighted by atomic mass is 16.5. The van der Waals surface area contributed by atoms with Gasteiger partial charge in [0.05, 0.1) is 33.5 Å². The monoisotopic (exact) mass is 374 g/mol. The number of Topliss-reactive ketones (excluding diaryl/α,β-unsaturated/α-hetero) is 1. The van der Waals surface area contributed by atoms with Crippen molar-refractivity contribution in [3.8, 4) is 28.7 Å². The summed E-state index contributed by atoms with van der Waals surface area (Å²) >= 11 is 0. The lowest BCUT2D eigenvalue weighted by atomic mass is 10.1. The van der Waals surface area contributed by atoms with E-state index in [0.29, 0.717) is 23.0 Å². The Kier molecular flexibility index (Phi) is 7.05. The fourth-order valence-corrected chi connectivity index (χ4v) is 2.36. The van der Waals surface area contributed by atoms with Crippen LogP contribution in [0.1, 0.15) is 23.7 Å². The maximum atomic E-state index is 12.5. The summed E-state index contributed by atoms with van der Waals surface area (Å²) in [5.41, 5.74) is 0.230. The normalized spacial score (nSPS) is 10.1. The van der Waals surface area contributed by atoms with Crippen LogP contribution in [-0.2, 0) is 9.53 Å². The van der Waals surface area contributed by atoms with Crippen LogP contribution in [0.2, 0.25) is 0 Å². The van der Waals surface area contributed by atoms with Crippen LogP contribution in [0.15, 0.2) is 36.4 Å². The van der Waals surface area contributed by atoms with E-state index in [9.17, 15) is 9.59 Å². The minimum absolute atomic E-state index is 0.207. The molecule has 0 atom stereocenters. The van der Waals surface area contributed by atoms with Crippen molar-refractivity contribution < 1.29 is 33.3 Å². The third-order valence-electron chi connectivity index (χ3n) is 3.69. The molecule has 144 valence electrons. The van der Waals surface area contributed by atoms with Crippen LogP contribution in [0.4, 0.5) is 0 Å². The second kappa shape index (κ2) is 9.47. The smallest absolute Gasteiger partial charge is 0.313 e. The molecule has 0 saturated carbocycles. The van der Waals surface area contributed by atoms with Gasteiger partial charge < -0.3 is 23.7 Å². The number of hydrogen-bond acceptors (Lipinski definition) is 7. The standard InChI is InChI=1S/C20H22O7/c1-5-26-20(22)12-16(21)15-8-6-13(23-2)10-18(15)27-19-11-14(24-3)7-9-17(19)25-4/h6-11H,5,12H2,1-4H3. The molecule has 0 amide bonds. The Balaban J connectivity index is 2.40. The molecule has 0 radical (unpaired) electrons. The first-order chi connectivity index (χ1) is 13.0. The Morgan fingerprint density at radius 1 is 0.815 bits per heavy atom. The summed E-state index contributed by atoms with van der Waals surface area (Å²) < 4.78 is 26.5. The van der Waals surface area contributed by atoms with E-state index in [2.05, 4.69) is 0 Å². The summed E-state index contributed by atoms with van der Waals surface area (Å²) in [7, 11) is 4.55. The SMILES string of the molecule is CCOC(=O)CC(=O)c1ccc(OC)cc1Oc1cc(OC)ccc1OC. The molecule has 0 heterocycles. The molecule has 0 saturated heterocycles. The zero-order valence-corrected chi connectivity index (χ0v) is 15.7. The summed E-state index contributed by atoms with van der Waals surface area (Å²) in [5, 5.41) is 0. The molecule has 0 unspecified atom stereocenters. The van der Waals surface area contributed by atoms with Crippen molar-refractivity contribution in [2.24, 2.45) is 0 Å². The van der Waals surface area contributed by atoms with Gasteiger partial charge in [0.15, 0.2) is 17.3 Å². The van der Waals surface area contributed by atoms with Crippen molar-refractivity contribution in [1.29, 1.82) is 0 Å². The Morgan fingerprint density at radius 3 is 2.04 bits per heavy atom. The quantitative estimate of drug-likeness (QED) is 0.376. The van der Waals surface area contributed by atoms with Crippen molar-refractivity contribution in [1.82, 2.24) is 0 Å². The van der Waals surface area contributed by atoms with Crippen molar-refractivity contribution in [2.75, 3.05) is 27.9 Å². The minimum atomic E-state index is -0.594. The van der Waals surface area contributed by atoms with Crippen LogP contribution in [0, 0.1) is 0 Å². The van der Waals surface area contributed by atoms with Crippen molar-refractivity contribution >= 4 is 11.8 Å². The minimum Gasteiger partial charge on any atom is -0.497 e. The van der Waals surface area contributed by atoms with E-state index in [-0.39, 0.29) is 24.3 Å². The number of hydrogen-bond donors (Lipinski definition) is 0. The van der Waals surface area contributed by atoms with Crippen LogP contribution < -0.4 is 18.9 Å². The summed E-state index contributed by atoms with van der Waals surface area (Å²) in [5.74, 6) is 1.09. The fraction of sp³-hybridized carbons (Fsp3) is 0.300. The van der Waals surface area contributed by atoms with Crippen molar-refractivity contribution in [3.05, 3.63) is 42.0 Å². The number of ketones is 1. The van der Waals surface area contributed by atoms with Gasteiger partial charge in [0.2, 0.25) is 0 Å². The third kappa shape index (κ3) is 5.13. The van der Waals surface area contributed by atoms with E-state index >= 15 is 0 Å². The Bertz CT molecular complexity index is 814. The zero-order valence-electron chi connectivity index (χ0n) is 15.7. The molecule has 0 fully saturated rings. The first-order valence-corrected chi connectivity index (χ1v) is 8.29. The molecular weight excluding hydrogens is 352 g/mol. The van der Waals surface area contributed by atoms with E-state index in [4.69, 9.17) is 23.7 Å². The van der Waals surface area contributed by atoms with Crippen LogP contribution in [0.5, 0.6) is 28.7 Å². The lowest BCUT2D eigenvalue weighted by Crippen LogP contribution is -2.12. The molecule has 0 bridgehead atoms. The number of ether oxygens (including phenoxy) is 5. The maximum Gasteiger partial charge on any atom is 0.313 e. The van der Waals surface area contributed by atoms with Gasteiger partial charge >= 0.3 is 5.97 Å². The fourth-order valence-electron chi connectivity index (χ4n) is 2.36. The van der Waals surface area contributed by atoms with Gasteiger partial charge in [-0.05, 0) is 31.2 Å². The molecular formula is C20H22O7. The van der Waals surface area contributed by atoms with Crippen molar-refractivity contribution in [3.63, 3.8) is 0 Å². The molecule has 0 aromatic heterocycles. The molecule has 2 aromatic carbocycles. The summed E-state index contributed by atoms with van der Waals surface area (Å²) in [6, 6.07) is 9.78. The van der Waals surface area contributed by atoms with E-state index in [0.717, 1.165) is 0 Å². The van der Waals surface area contributed by atoms with Gasteiger partial charge in [-0.2, -0.15) is 0 Å². The largest absolute Gasteiger partial charge is 0.497 e. The van der Waals surface area contributed by atoms with Gasteiger partial charge in [-0.15, -0.1) is 0 Å². The summed E-state index contributed by atoms with van der Waals surface area (Å²) in [4.78, 5) is 24.2. The summed E-state index contributed by atoms with van der Waals surface area (Å²) in [6.45, 7) is 1.89. The number of methoxy groups -OCH3 is 3. The van der Waals surface area contributed by atoms with Gasteiger partial charge in [-0.3, -0.25) is 9.59 Å². The molecule has 27 heavy (non-hydrogen) atoms. The third-order valence-corrected chi connectivity index (χ3v) is 3.69. The average Bonchev–Trinajstić information content (AvgIpc) is 2.67. The number of carbonyl (C=O) groups is 2. The highest BCUT2D eigenvalue weighted by molar-refractivity contribution is 6.07. The Morgan fingerprint density at radius 2 is 1.44 bits per heavy atom. The van der Waals surface area contributed by atoms with Gasteiger partial charge in [-0.25, -0.2) is 0 Å². The lowest BCUT2D eigenvalue weighted by Gasteiger charge is -2.15. The molecule has 0 aliphatic heterocycles. The Labute approximate surface area is 157 Å². The summed E-state index contributed by atoms with van der Waals surface area (Å²) in [6.07, 6.45) is -0.383. The van der Waals surface area contributed by atoms with Crippen LogP contribution in [0.25, 0.3) is 0 Å². The zero-order chi connectivity index (χ0) is 19.8. The highest BCUT2D eigenvalue weighted by Crippen LogP contribution is 2.37. The number of rotatable bonds is 9. The molecule has 0 aliphatic rings. The Hall–Kier alpha value is -3.22. The first-order valence-electron chi connectivity index (χ1n) is 8.29. The van der Waals surface area contributed by atoms with Crippen LogP contribution in [-0.4, -0.2) is 39.7 Å². The maximum absolute atomic E-state index is 12.5. The predicted molar refractivity (Wildman–Crippen MR) is 98.2 cm³/mol. The lowest BCUT2D eigenvalue weighted by molar-refractivity contribution is -0.141. The number of esters is 1. The van der Waals surface area contributed by atoms with E-state index in [1.54, 1.807) is 43.3 Å². The van der Waals surface area contributed by atoms with Crippen molar-refractivity contribution in [2.45, 2.75) is 13.3 Å². The van der Waals surface area contributed by atoms with Gasteiger partial charge in [-0.1, -0.05) is 0 Å². The molecule has 0 N–H and O–H groups in total. The number of benzene rings is 2. The highest BCUT2D eigenvalue weighted by Gasteiger charge is 2.19. The second-order valence-electron chi connectivity index (χ2n) is 5.39. The average molecular weight is 374 g/mol. The molecule has 0 aliphatic carbocycles.